The van der Waals surface area contributed by atoms with Crippen LogP contribution in [0.15, 0.2) is 0 Å². The van der Waals surface area contributed by atoms with E-state index < -0.39 is 0 Å². The van der Waals surface area contributed by atoms with Crippen LogP contribution >= 0.6 is 0 Å². The van der Waals surface area contributed by atoms with Crippen molar-refractivity contribution in [3.8, 4) is 0 Å². The molecule has 0 rings (SSSR count). The van der Waals surface area contributed by atoms with Crippen molar-refractivity contribution < 1.29 is 44.5 Å². The molecular weight excluding hydrogens is 360 g/mol. The molecule has 0 fully saturated rings. The van der Waals surface area contributed by atoms with Crippen LogP contribution in [0.3, 0.4) is 0 Å². The third kappa shape index (κ3) is 106. The molecule has 0 aliphatic carbocycles. The smallest absolute Gasteiger partial charge is 0.0697 e. The molecule has 0 radical (unpaired) electrons. The van der Waals surface area contributed by atoms with E-state index in [9.17, 15) is 0 Å². The molecule has 0 aromatic heterocycles. The van der Waals surface area contributed by atoms with Crippen molar-refractivity contribution in [3.63, 3.8) is 0 Å². The molecular formula is C18H46O9. The van der Waals surface area contributed by atoms with Crippen molar-refractivity contribution in [2.45, 2.75) is 34.6 Å². The van der Waals surface area contributed by atoms with E-state index >= 15 is 0 Å². The Hall–Kier alpha value is -0.360. The van der Waals surface area contributed by atoms with Gasteiger partial charge >= 0.3 is 0 Å². The van der Waals surface area contributed by atoms with Crippen molar-refractivity contribution in [3.05, 3.63) is 0 Å². The van der Waals surface area contributed by atoms with Gasteiger partial charge in [0.15, 0.2) is 0 Å². The first kappa shape index (κ1) is 37.4. The molecule has 0 aromatic carbocycles. The molecule has 5 N–H and O–H groups in total. The minimum atomic E-state index is 0.133. The summed E-state index contributed by atoms with van der Waals surface area (Å²) in [7, 11) is 0. The maximum Gasteiger partial charge on any atom is 0.0697 e. The highest BCUT2D eigenvalue weighted by Crippen LogP contribution is 1.68. The maximum absolute atomic E-state index is 8.07. The molecule has 0 atom stereocenters. The van der Waals surface area contributed by atoms with Gasteiger partial charge in [0, 0.05) is 33.0 Å². The molecule has 0 bridgehead atoms. The van der Waals surface area contributed by atoms with Crippen molar-refractivity contribution in [1.82, 2.24) is 0 Å². The predicted molar refractivity (Wildman–Crippen MR) is 107 cm³/mol. The van der Waals surface area contributed by atoms with Crippen LogP contribution in [0.25, 0.3) is 0 Å². The average Bonchev–Trinajstić information content (AvgIpc) is 2.69. The van der Waals surface area contributed by atoms with Crippen LogP contribution in [0.1, 0.15) is 34.6 Å². The molecule has 0 aliphatic heterocycles. The Kier molecular flexibility index (Phi) is 77.9. The van der Waals surface area contributed by atoms with Crippen LogP contribution in [0.2, 0.25) is 0 Å². The van der Waals surface area contributed by atoms with Gasteiger partial charge in [-0.2, -0.15) is 0 Å². The zero-order valence-electron chi connectivity index (χ0n) is 18.1. The highest BCUT2D eigenvalue weighted by Gasteiger charge is 1.75. The quantitative estimate of drug-likeness (QED) is 0.285. The molecule has 9 nitrogen and oxygen atoms in total. The highest BCUT2D eigenvalue weighted by molar-refractivity contribution is 4.19. The summed E-state index contributed by atoms with van der Waals surface area (Å²) >= 11 is 0. The predicted octanol–water partition coefficient (Wildman–Crippen LogP) is 0.0594. The van der Waals surface area contributed by atoms with Gasteiger partial charge < -0.3 is 44.5 Å². The van der Waals surface area contributed by atoms with Gasteiger partial charge in [-0.1, -0.05) is 0 Å². The molecule has 0 unspecified atom stereocenters. The molecule has 172 valence electrons. The fraction of sp³-hybridized carbons (Fsp3) is 1.00. The van der Waals surface area contributed by atoms with Crippen molar-refractivity contribution in [2.24, 2.45) is 0 Å². The fourth-order valence-corrected chi connectivity index (χ4v) is 0.836. The summed E-state index contributed by atoms with van der Waals surface area (Å²) in [5.74, 6) is 0. The first-order chi connectivity index (χ1) is 13.1. The number of hydrogen-bond donors (Lipinski definition) is 5. The first-order valence-corrected chi connectivity index (χ1v) is 9.43. The first-order valence-electron chi connectivity index (χ1n) is 9.43. The van der Waals surface area contributed by atoms with Crippen LogP contribution in [0, 0.1) is 0 Å². The second-order valence-corrected chi connectivity index (χ2v) is 4.00. The highest BCUT2D eigenvalue weighted by atomic mass is 16.5. The molecule has 9 heteroatoms. The maximum atomic E-state index is 8.07. The standard InChI is InChI=1S/4C4H10O2.C2H6O/c4*1-2-6-4-3-5;1-2-3/h4*5H,2-4H2,1H3;3H,2H2,1H3. The van der Waals surface area contributed by atoms with Crippen molar-refractivity contribution >= 4 is 0 Å². The SMILES string of the molecule is CCO.CCOCCO.CCOCCO.CCOCCO.CCOCCO. The van der Waals surface area contributed by atoms with E-state index in [1.54, 1.807) is 6.92 Å². The van der Waals surface area contributed by atoms with Gasteiger partial charge in [-0.3, -0.25) is 0 Å². The number of rotatable bonds is 12. The number of aliphatic hydroxyl groups excluding tert-OH is 5. The average molecular weight is 407 g/mol. The summed E-state index contributed by atoms with van der Waals surface area (Å²) < 4.78 is 18.9. The lowest BCUT2D eigenvalue weighted by atomic mass is 10.8. The third-order valence-corrected chi connectivity index (χ3v) is 1.76. The number of ether oxygens (including phenoxy) is 4. The van der Waals surface area contributed by atoms with Crippen LogP contribution in [0.5, 0.6) is 0 Å². The summed E-state index contributed by atoms with van der Waals surface area (Å²) in [5, 5.41) is 39.9. The summed E-state index contributed by atoms with van der Waals surface area (Å²) in [6.07, 6.45) is 0. The monoisotopic (exact) mass is 406 g/mol. The largest absolute Gasteiger partial charge is 0.397 e. The summed E-state index contributed by atoms with van der Waals surface area (Å²) in [4.78, 5) is 0. The molecule has 0 aromatic rings. The summed E-state index contributed by atoms with van der Waals surface area (Å²) in [6, 6.07) is 0. The van der Waals surface area contributed by atoms with E-state index in [-0.39, 0.29) is 33.0 Å². The zero-order chi connectivity index (χ0) is 22.0. The van der Waals surface area contributed by atoms with E-state index in [0.717, 1.165) is 0 Å². The van der Waals surface area contributed by atoms with E-state index in [2.05, 4.69) is 0 Å². The molecule has 0 aliphatic rings. The second-order valence-electron chi connectivity index (χ2n) is 4.00. The van der Waals surface area contributed by atoms with Crippen LogP contribution < -0.4 is 0 Å². The Morgan fingerprint density at radius 3 is 0.593 bits per heavy atom. The van der Waals surface area contributed by atoms with Gasteiger partial charge in [-0.15, -0.1) is 0 Å². The van der Waals surface area contributed by atoms with Crippen molar-refractivity contribution in [1.29, 1.82) is 0 Å². The Bertz CT molecular complexity index is 116. The van der Waals surface area contributed by atoms with E-state index in [1.807, 2.05) is 27.7 Å². The normalized spacial score (nSPS) is 8.67. The van der Waals surface area contributed by atoms with Gasteiger partial charge in [0.1, 0.15) is 0 Å². The Morgan fingerprint density at radius 2 is 0.556 bits per heavy atom. The number of hydrogen-bond acceptors (Lipinski definition) is 9. The fourth-order valence-electron chi connectivity index (χ4n) is 0.836. The van der Waals surface area contributed by atoms with Crippen LogP contribution in [-0.4, -0.2) is 111 Å². The van der Waals surface area contributed by atoms with Gasteiger partial charge in [-0.05, 0) is 34.6 Å². The minimum Gasteiger partial charge on any atom is -0.397 e. The van der Waals surface area contributed by atoms with E-state index in [1.165, 1.54) is 0 Å². The molecule has 0 spiro atoms. The summed E-state index contributed by atoms with van der Waals surface area (Å²) in [6.45, 7) is 14.7. The van der Waals surface area contributed by atoms with Crippen LogP contribution in [0.4, 0.5) is 0 Å². The van der Waals surface area contributed by atoms with Gasteiger partial charge in [0.25, 0.3) is 0 Å². The minimum absolute atomic E-state index is 0.133. The van der Waals surface area contributed by atoms with Gasteiger partial charge in [0.05, 0.1) is 52.9 Å². The molecule has 0 saturated carbocycles. The van der Waals surface area contributed by atoms with E-state index in [4.69, 9.17) is 44.5 Å². The van der Waals surface area contributed by atoms with E-state index in [0.29, 0.717) is 52.9 Å². The molecule has 0 heterocycles. The lowest BCUT2D eigenvalue weighted by molar-refractivity contribution is 0.102. The topological polar surface area (TPSA) is 138 Å². The van der Waals surface area contributed by atoms with Gasteiger partial charge in [0.2, 0.25) is 0 Å². The Balaban J connectivity index is -0.0000000760. The Morgan fingerprint density at radius 1 is 0.407 bits per heavy atom. The third-order valence-electron chi connectivity index (χ3n) is 1.76. The molecule has 0 amide bonds. The Labute approximate surface area is 165 Å². The van der Waals surface area contributed by atoms with Gasteiger partial charge in [-0.25, -0.2) is 0 Å². The lowest BCUT2D eigenvalue weighted by Gasteiger charge is -1.91. The number of aliphatic hydroxyl groups is 5. The lowest BCUT2D eigenvalue weighted by Crippen LogP contribution is -1.96. The van der Waals surface area contributed by atoms with Crippen molar-refractivity contribution in [2.75, 3.05) is 85.9 Å². The molecule has 0 saturated heterocycles. The second kappa shape index (κ2) is 56.2. The zero-order valence-corrected chi connectivity index (χ0v) is 18.1. The van der Waals surface area contributed by atoms with Crippen LogP contribution in [-0.2, 0) is 18.9 Å². The molecule has 27 heavy (non-hydrogen) atoms. The summed E-state index contributed by atoms with van der Waals surface area (Å²) in [5.41, 5.74) is 0.